The first-order chi connectivity index (χ1) is 15.7. The van der Waals surface area contributed by atoms with Gasteiger partial charge >= 0.3 is 0 Å². The second kappa shape index (κ2) is 10.6. The van der Waals surface area contributed by atoms with Crippen LogP contribution in [0, 0.1) is 0 Å². The Morgan fingerprint density at radius 3 is 2.09 bits per heavy atom. The SMILES string of the molecule is CC(C)NC(=O)[C@@H](C)N(Cc1ccc(Cl)cc1)C(=O)CCCN1C(=O)c2ccccc2C1=O. The molecular formula is C25H28ClN3O4. The summed E-state index contributed by atoms with van der Waals surface area (Å²) in [4.78, 5) is 53.5. The molecular weight excluding hydrogens is 442 g/mol. The summed E-state index contributed by atoms with van der Waals surface area (Å²) >= 11 is 5.96. The average molecular weight is 470 g/mol. The van der Waals surface area contributed by atoms with Crippen molar-refractivity contribution < 1.29 is 19.2 Å². The van der Waals surface area contributed by atoms with Crippen LogP contribution >= 0.6 is 11.6 Å². The molecule has 33 heavy (non-hydrogen) atoms. The summed E-state index contributed by atoms with van der Waals surface area (Å²) in [5.74, 6) is -1.16. The third kappa shape index (κ3) is 5.79. The van der Waals surface area contributed by atoms with E-state index in [1.54, 1.807) is 43.3 Å². The van der Waals surface area contributed by atoms with E-state index in [0.29, 0.717) is 22.6 Å². The van der Waals surface area contributed by atoms with Crippen molar-refractivity contribution in [2.45, 2.75) is 52.2 Å². The van der Waals surface area contributed by atoms with E-state index in [-0.39, 0.29) is 49.2 Å². The van der Waals surface area contributed by atoms with Crippen molar-refractivity contribution >= 4 is 35.2 Å². The molecule has 0 aromatic heterocycles. The Labute approximate surface area is 198 Å². The molecule has 1 aliphatic rings. The zero-order valence-electron chi connectivity index (χ0n) is 19.0. The van der Waals surface area contributed by atoms with Crippen LogP contribution in [0.3, 0.4) is 0 Å². The number of carbonyl (C=O) groups is 4. The molecule has 3 rings (SSSR count). The van der Waals surface area contributed by atoms with Gasteiger partial charge in [-0.05, 0) is 57.0 Å². The third-order valence-corrected chi connectivity index (χ3v) is 5.77. The molecule has 4 amide bonds. The number of rotatable bonds is 9. The van der Waals surface area contributed by atoms with Gasteiger partial charge < -0.3 is 10.2 Å². The zero-order chi connectivity index (χ0) is 24.1. The molecule has 0 bridgehead atoms. The van der Waals surface area contributed by atoms with Crippen molar-refractivity contribution in [3.05, 3.63) is 70.2 Å². The van der Waals surface area contributed by atoms with Crippen LogP contribution in [-0.2, 0) is 16.1 Å². The molecule has 0 unspecified atom stereocenters. The van der Waals surface area contributed by atoms with Crippen molar-refractivity contribution in [1.82, 2.24) is 15.1 Å². The van der Waals surface area contributed by atoms with Crippen LogP contribution in [-0.4, -0.2) is 52.1 Å². The fourth-order valence-corrected chi connectivity index (χ4v) is 3.87. The van der Waals surface area contributed by atoms with Crippen LogP contribution in [0.2, 0.25) is 5.02 Å². The van der Waals surface area contributed by atoms with Gasteiger partial charge in [-0.15, -0.1) is 0 Å². The summed E-state index contributed by atoms with van der Waals surface area (Å²) in [5.41, 5.74) is 1.62. The lowest BCUT2D eigenvalue weighted by molar-refractivity contribution is -0.140. The topological polar surface area (TPSA) is 86.8 Å². The number of imide groups is 1. The van der Waals surface area contributed by atoms with Crippen LogP contribution in [0.15, 0.2) is 48.5 Å². The van der Waals surface area contributed by atoms with E-state index in [0.717, 1.165) is 5.56 Å². The van der Waals surface area contributed by atoms with Crippen LogP contribution in [0.1, 0.15) is 59.9 Å². The Morgan fingerprint density at radius 1 is 0.970 bits per heavy atom. The fourth-order valence-electron chi connectivity index (χ4n) is 3.75. The quantitative estimate of drug-likeness (QED) is 0.568. The number of fused-ring (bicyclic) bond motifs is 1. The summed E-state index contributed by atoms with van der Waals surface area (Å²) in [6, 6.07) is 13.1. The smallest absolute Gasteiger partial charge is 0.261 e. The molecule has 7 nitrogen and oxygen atoms in total. The predicted octanol–water partition coefficient (Wildman–Crippen LogP) is 3.66. The van der Waals surface area contributed by atoms with Crippen LogP contribution < -0.4 is 5.32 Å². The van der Waals surface area contributed by atoms with Crippen LogP contribution in [0.4, 0.5) is 0 Å². The molecule has 0 spiro atoms. The number of amides is 4. The van der Waals surface area contributed by atoms with Gasteiger partial charge in [0.2, 0.25) is 11.8 Å². The molecule has 2 aromatic rings. The van der Waals surface area contributed by atoms with Crippen molar-refractivity contribution in [3.8, 4) is 0 Å². The van der Waals surface area contributed by atoms with Gasteiger partial charge in [-0.2, -0.15) is 0 Å². The Morgan fingerprint density at radius 2 is 1.55 bits per heavy atom. The molecule has 1 aliphatic heterocycles. The molecule has 0 aliphatic carbocycles. The van der Waals surface area contributed by atoms with E-state index in [1.807, 2.05) is 26.0 Å². The molecule has 0 radical (unpaired) electrons. The molecule has 0 saturated carbocycles. The number of carbonyl (C=O) groups excluding carboxylic acids is 4. The summed E-state index contributed by atoms with van der Waals surface area (Å²) in [7, 11) is 0. The molecule has 0 saturated heterocycles. The molecule has 0 fully saturated rings. The summed E-state index contributed by atoms with van der Waals surface area (Å²) in [6.45, 7) is 5.79. The Bertz CT molecular complexity index is 1020. The first-order valence-electron chi connectivity index (χ1n) is 11.0. The first-order valence-corrected chi connectivity index (χ1v) is 11.4. The van der Waals surface area contributed by atoms with Gasteiger partial charge in [0, 0.05) is 30.6 Å². The Balaban J connectivity index is 1.66. The van der Waals surface area contributed by atoms with Gasteiger partial charge in [0.15, 0.2) is 0 Å². The van der Waals surface area contributed by atoms with E-state index >= 15 is 0 Å². The highest BCUT2D eigenvalue weighted by molar-refractivity contribution is 6.30. The minimum atomic E-state index is -0.685. The highest BCUT2D eigenvalue weighted by Crippen LogP contribution is 2.23. The maximum Gasteiger partial charge on any atom is 0.261 e. The predicted molar refractivity (Wildman–Crippen MR) is 126 cm³/mol. The molecule has 1 atom stereocenters. The van der Waals surface area contributed by atoms with Gasteiger partial charge in [-0.1, -0.05) is 35.9 Å². The average Bonchev–Trinajstić information content (AvgIpc) is 3.02. The monoisotopic (exact) mass is 469 g/mol. The number of halogens is 1. The third-order valence-electron chi connectivity index (χ3n) is 5.51. The van der Waals surface area contributed by atoms with Crippen molar-refractivity contribution in [2.75, 3.05) is 6.54 Å². The fraction of sp³-hybridized carbons (Fsp3) is 0.360. The van der Waals surface area contributed by atoms with E-state index < -0.39 is 6.04 Å². The maximum absolute atomic E-state index is 13.1. The molecule has 1 N–H and O–H groups in total. The lowest BCUT2D eigenvalue weighted by atomic mass is 10.1. The normalized spacial score (nSPS) is 13.8. The number of hydrogen-bond donors (Lipinski definition) is 1. The van der Waals surface area contributed by atoms with Gasteiger partial charge in [0.1, 0.15) is 6.04 Å². The maximum atomic E-state index is 13.1. The first kappa shape index (κ1) is 24.5. The minimum absolute atomic E-state index is 0.0544. The minimum Gasteiger partial charge on any atom is -0.352 e. The number of nitrogens with zero attached hydrogens (tertiary/aromatic N) is 2. The summed E-state index contributed by atoms with van der Waals surface area (Å²) < 4.78 is 0. The van der Waals surface area contributed by atoms with Gasteiger partial charge in [-0.25, -0.2) is 0 Å². The Hall–Kier alpha value is -3.19. The highest BCUT2D eigenvalue weighted by Gasteiger charge is 2.35. The van der Waals surface area contributed by atoms with Gasteiger partial charge in [0.05, 0.1) is 11.1 Å². The van der Waals surface area contributed by atoms with Crippen LogP contribution in [0.5, 0.6) is 0 Å². The number of benzene rings is 2. The van der Waals surface area contributed by atoms with Crippen molar-refractivity contribution in [3.63, 3.8) is 0 Å². The van der Waals surface area contributed by atoms with E-state index in [1.165, 1.54) is 9.80 Å². The molecule has 1 heterocycles. The highest BCUT2D eigenvalue weighted by atomic mass is 35.5. The molecule has 2 aromatic carbocycles. The molecule has 8 heteroatoms. The van der Waals surface area contributed by atoms with Crippen molar-refractivity contribution in [1.29, 1.82) is 0 Å². The van der Waals surface area contributed by atoms with E-state index in [9.17, 15) is 19.2 Å². The van der Waals surface area contributed by atoms with Crippen molar-refractivity contribution in [2.24, 2.45) is 0 Å². The lowest BCUT2D eigenvalue weighted by Crippen LogP contribution is -2.49. The second-order valence-electron chi connectivity index (χ2n) is 8.40. The van der Waals surface area contributed by atoms with Crippen LogP contribution in [0.25, 0.3) is 0 Å². The molecule has 174 valence electrons. The van der Waals surface area contributed by atoms with Gasteiger partial charge in [-0.3, -0.25) is 24.1 Å². The summed E-state index contributed by atoms with van der Waals surface area (Å²) in [5, 5.41) is 3.43. The number of hydrogen-bond acceptors (Lipinski definition) is 4. The summed E-state index contributed by atoms with van der Waals surface area (Å²) in [6.07, 6.45) is 0.403. The Kier molecular flexibility index (Phi) is 7.87. The second-order valence-corrected chi connectivity index (χ2v) is 8.83. The largest absolute Gasteiger partial charge is 0.352 e. The zero-order valence-corrected chi connectivity index (χ0v) is 19.8. The number of nitrogens with one attached hydrogen (secondary N) is 1. The van der Waals surface area contributed by atoms with E-state index in [4.69, 9.17) is 11.6 Å². The standard InChI is InChI=1S/C25H28ClN3O4/c1-16(2)27-23(31)17(3)29(15-18-10-12-19(26)13-11-18)22(30)9-6-14-28-24(32)20-7-4-5-8-21(20)25(28)33/h4-5,7-8,10-13,16-17H,6,9,14-15H2,1-3H3,(H,27,31)/t17-/m1/s1. The van der Waals surface area contributed by atoms with E-state index in [2.05, 4.69) is 5.32 Å². The lowest BCUT2D eigenvalue weighted by Gasteiger charge is -2.29. The van der Waals surface area contributed by atoms with Gasteiger partial charge in [0.25, 0.3) is 11.8 Å².